The molecule has 0 aliphatic heterocycles. The lowest BCUT2D eigenvalue weighted by atomic mass is 10.1. The van der Waals surface area contributed by atoms with Gasteiger partial charge in [-0.15, -0.1) is 11.3 Å². The fraction of sp³-hybridized carbons (Fsp3) is 0.308. The van der Waals surface area contributed by atoms with Gasteiger partial charge in [-0.1, -0.05) is 54.9 Å². The molecule has 0 saturated carbocycles. The van der Waals surface area contributed by atoms with Crippen LogP contribution in [0.25, 0.3) is 17.3 Å². The van der Waals surface area contributed by atoms with Crippen molar-refractivity contribution < 1.29 is 14.3 Å². The van der Waals surface area contributed by atoms with E-state index in [1.54, 1.807) is 13.2 Å². The highest BCUT2D eigenvalue weighted by Crippen LogP contribution is 2.32. The Hall–Kier alpha value is -2.64. The molecule has 3 rings (SSSR count). The summed E-state index contributed by atoms with van der Waals surface area (Å²) < 4.78 is 12.3. The molecule has 0 aliphatic rings. The zero-order valence-corrected chi connectivity index (χ0v) is 21.8. The molecular formula is C26H29BrN2O3S. The van der Waals surface area contributed by atoms with Gasteiger partial charge in [-0.05, 0) is 54.7 Å². The Kier molecular flexibility index (Phi) is 9.09. The number of hydrogen-bond donors (Lipinski definition) is 1. The second-order valence-electron chi connectivity index (χ2n) is 7.92. The van der Waals surface area contributed by atoms with Gasteiger partial charge in [0.25, 0.3) is 0 Å². The number of anilines is 1. The number of carbonyl (C=O) groups is 1. The summed E-state index contributed by atoms with van der Waals surface area (Å²) in [6.45, 7) is 7.05. The van der Waals surface area contributed by atoms with E-state index < -0.39 is 0 Å². The summed E-state index contributed by atoms with van der Waals surface area (Å²) >= 11 is 4.96. The first kappa shape index (κ1) is 25.0. The second-order valence-corrected chi connectivity index (χ2v) is 9.91. The van der Waals surface area contributed by atoms with Crippen molar-refractivity contribution in [3.8, 4) is 22.8 Å². The monoisotopic (exact) mass is 528 g/mol. The highest BCUT2D eigenvalue weighted by molar-refractivity contribution is 9.10. The van der Waals surface area contributed by atoms with E-state index >= 15 is 0 Å². The standard InChI is InChI=1S/C26H29BrN2O3S/c1-5-23-25(19-8-10-20(27)11-9-19)29-26(33-23)28-24(30)13-7-18-6-12-21(22(16-18)31-4)32-15-14-17(2)3/h6-13,16-17H,5,14-15H2,1-4H3,(H,28,29,30)/b13-7+. The molecular weight excluding hydrogens is 500 g/mol. The van der Waals surface area contributed by atoms with E-state index in [1.807, 2.05) is 42.5 Å². The first-order valence-electron chi connectivity index (χ1n) is 10.9. The Morgan fingerprint density at radius 1 is 1.18 bits per heavy atom. The summed E-state index contributed by atoms with van der Waals surface area (Å²) in [6.07, 6.45) is 5.07. The molecule has 0 saturated heterocycles. The summed E-state index contributed by atoms with van der Waals surface area (Å²) in [4.78, 5) is 18.3. The van der Waals surface area contributed by atoms with Gasteiger partial charge in [-0.2, -0.15) is 0 Å². The van der Waals surface area contributed by atoms with Gasteiger partial charge in [0.1, 0.15) is 0 Å². The molecule has 1 N–H and O–H groups in total. The van der Waals surface area contributed by atoms with E-state index in [1.165, 1.54) is 17.4 Å². The van der Waals surface area contributed by atoms with E-state index in [0.717, 1.165) is 39.0 Å². The van der Waals surface area contributed by atoms with Crippen molar-refractivity contribution >= 4 is 44.4 Å². The van der Waals surface area contributed by atoms with Crippen LogP contribution in [0.2, 0.25) is 0 Å². The number of methoxy groups -OCH3 is 1. The number of aryl methyl sites for hydroxylation is 1. The molecule has 1 amide bonds. The average Bonchev–Trinajstić information content (AvgIpc) is 3.21. The van der Waals surface area contributed by atoms with Gasteiger partial charge >= 0.3 is 0 Å². The van der Waals surface area contributed by atoms with E-state index in [4.69, 9.17) is 9.47 Å². The summed E-state index contributed by atoms with van der Waals surface area (Å²) in [7, 11) is 1.61. The van der Waals surface area contributed by atoms with Gasteiger partial charge < -0.3 is 9.47 Å². The number of halogens is 1. The van der Waals surface area contributed by atoms with E-state index in [2.05, 4.69) is 47.0 Å². The number of nitrogens with zero attached hydrogens (tertiary/aromatic N) is 1. The minimum Gasteiger partial charge on any atom is -0.493 e. The predicted molar refractivity (Wildman–Crippen MR) is 140 cm³/mol. The third-order valence-corrected chi connectivity index (χ3v) is 6.58. The zero-order chi connectivity index (χ0) is 23.8. The molecule has 3 aromatic rings. The van der Waals surface area contributed by atoms with Gasteiger partial charge in [-0.3, -0.25) is 10.1 Å². The third-order valence-electron chi connectivity index (χ3n) is 4.93. The van der Waals surface area contributed by atoms with Crippen LogP contribution in [-0.4, -0.2) is 24.6 Å². The van der Waals surface area contributed by atoms with Crippen LogP contribution in [0, 0.1) is 5.92 Å². The minimum atomic E-state index is -0.231. The number of hydrogen-bond acceptors (Lipinski definition) is 5. The van der Waals surface area contributed by atoms with Crippen LogP contribution in [0.1, 0.15) is 37.6 Å². The SMILES string of the molecule is CCc1sc(NC(=O)/C=C/c2ccc(OCCC(C)C)c(OC)c2)nc1-c1ccc(Br)cc1. The molecule has 1 heterocycles. The maximum atomic E-state index is 12.5. The van der Waals surface area contributed by atoms with Crippen LogP contribution < -0.4 is 14.8 Å². The van der Waals surface area contributed by atoms with Crippen LogP contribution in [0.3, 0.4) is 0 Å². The first-order valence-corrected chi connectivity index (χ1v) is 12.6. The van der Waals surface area contributed by atoms with Gasteiger partial charge in [0, 0.05) is 21.0 Å². The largest absolute Gasteiger partial charge is 0.493 e. The quantitative estimate of drug-likeness (QED) is 0.282. The van der Waals surface area contributed by atoms with E-state index in [9.17, 15) is 4.79 Å². The Balaban J connectivity index is 1.67. The lowest BCUT2D eigenvalue weighted by Gasteiger charge is -2.12. The van der Waals surface area contributed by atoms with Crippen molar-refractivity contribution in [3.63, 3.8) is 0 Å². The van der Waals surface area contributed by atoms with Gasteiger partial charge in [-0.25, -0.2) is 4.98 Å². The number of rotatable bonds is 10. The lowest BCUT2D eigenvalue weighted by molar-refractivity contribution is -0.111. The Labute approximate surface area is 208 Å². The van der Waals surface area contributed by atoms with Crippen LogP contribution >= 0.6 is 27.3 Å². The predicted octanol–water partition coefficient (Wildman–Crippen LogP) is 7.22. The molecule has 0 bridgehead atoms. The smallest absolute Gasteiger partial charge is 0.250 e. The average molecular weight is 530 g/mol. The molecule has 0 unspecified atom stereocenters. The maximum Gasteiger partial charge on any atom is 0.250 e. The molecule has 2 aromatic carbocycles. The molecule has 0 radical (unpaired) electrons. The highest BCUT2D eigenvalue weighted by Gasteiger charge is 2.13. The highest BCUT2D eigenvalue weighted by atomic mass is 79.9. The number of nitrogens with one attached hydrogen (secondary N) is 1. The van der Waals surface area contributed by atoms with Crippen LogP contribution in [0.4, 0.5) is 5.13 Å². The van der Waals surface area contributed by atoms with Crippen molar-refractivity contribution in [2.45, 2.75) is 33.6 Å². The first-order chi connectivity index (χ1) is 15.9. The van der Waals surface area contributed by atoms with Crippen molar-refractivity contribution in [3.05, 3.63) is 63.5 Å². The maximum absolute atomic E-state index is 12.5. The molecule has 1 aromatic heterocycles. The fourth-order valence-corrected chi connectivity index (χ4v) is 4.30. The fourth-order valence-electron chi connectivity index (χ4n) is 3.11. The van der Waals surface area contributed by atoms with Gasteiger partial charge in [0.2, 0.25) is 5.91 Å². The summed E-state index contributed by atoms with van der Waals surface area (Å²) in [5.74, 6) is 1.70. The van der Waals surface area contributed by atoms with Crippen molar-refractivity contribution in [1.82, 2.24) is 4.98 Å². The normalized spacial score (nSPS) is 11.2. The number of ether oxygens (including phenoxy) is 2. The third kappa shape index (κ3) is 7.17. The topological polar surface area (TPSA) is 60.5 Å². The molecule has 5 nitrogen and oxygen atoms in total. The Bertz CT molecular complexity index is 1110. The number of carbonyl (C=O) groups excluding carboxylic acids is 1. The molecule has 0 spiro atoms. The summed E-state index contributed by atoms with van der Waals surface area (Å²) in [5, 5.41) is 3.47. The molecule has 0 atom stereocenters. The number of amides is 1. The Morgan fingerprint density at radius 2 is 1.94 bits per heavy atom. The molecule has 174 valence electrons. The molecule has 0 aliphatic carbocycles. The van der Waals surface area contributed by atoms with Crippen LogP contribution in [0.15, 0.2) is 53.0 Å². The van der Waals surface area contributed by atoms with Gasteiger partial charge in [0.15, 0.2) is 16.6 Å². The van der Waals surface area contributed by atoms with Crippen LogP contribution in [-0.2, 0) is 11.2 Å². The van der Waals surface area contributed by atoms with Crippen molar-refractivity contribution in [2.24, 2.45) is 5.92 Å². The lowest BCUT2D eigenvalue weighted by Crippen LogP contribution is -2.07. The minimum absolute atomic E-state index is 0.231. The summed E-state index contributed by atoms with van der Waals surface area (Å²) in [6, 6.07) is 13.7. The van der Waals surface area contributed by atoms with Crippen molar-refractivity contribution in [1.29, 1.82) is 0 Å². The molecule has 0 fully saturated rings. The number of aromatic nitrogens is 1. The van der Waals surface area contributed by atoms with E-state index in [-0.39, 0.29) is 5.91 Å². The molecule has 33 heavy (non-hydrogen) atoms. The second kappa shape index (κ2) is 12.0. The molecule has 7 heteroatoms. The summed E-state index contributed by atoms with van der Waals surface area (Å²) in [5.41, 5.74) is 2.79. The Morgan fingerprint density at radius 3 is 2.61 bits per heavy atom. The number of benzene rings is 2. The van der Waals surface area contributed by atoms with Crippen molar-refractivity contribution in [2.75, 3.05) is 19.0 Å². The number of thiazole rings is 1. The van der Waals surface area contributed by atoms with Gasteiger partial charge in [0.05, 0.1) is 19.4 Å². The van der Waals surface area contributed by atoms with E-state index in [0.29, 0.717) is 29.2 Å². The van der Waals surface area contributed by atoms with Crippen LogP contribution in [0.5, 0.6) is 11.5 Å². The zero-order valence-electron chi connectivity index (χ0n) is 19.4.